The number of benzene rings is 1. The molecule has 0 fully saturated rings. The minimum Gasteiger partial charge on any atom is -0.522 e. The quantitative estimate of drug-likeness (QED) is 0.696. The minimum atomic E-state index is -4.88. The molecule has 90 valence electrons. The highest BCUT2D eigenvalue weighted by Crippen LogP contribution is 2.22. The van der Waals surface area contributed by atoms with Crippen molar-refractivity contribution in [3.8, 4) is 5.75 Å². The van der Waals surface area contributed by atoms with Gasteiger partial charge in [0.25, 0.3) is 0 Å². The Bertz CT molecular complexity index is 321. The summed E-state index contributed by atoms with van der Waals surface area (Å²) in [7, 11) is 0. The van der Waals surface area contributed by atoms with Crippen LogP contribution in [0.15, 0.2) is 24.3 Å². The lowest BCUT2D eigenvalue weighted by molar-refractivity contribution is 0.313. The Morgan fingerprint density at radius 2 is 1.75 bits per heavy atom. The van der Waals surface area contributed by atoms with Crippen LogP contribution in [-0.2, 0) is 0 Å². The highest BCUT2D eigenvalue weighted by atomic mass is 19.4. The molecule has 0 bridgehead atoms. The molecule has 1 rings (SSSR count). The summed E-state index contributed by atoms with van der Waals surface area (Å²) in [5.41, 5.74) is 1.12. The molecule has 1 atom stereocenters. The van der Waals surface area contributed by atoms with E-state index < -0.39 is 13.5 Å². The predicted octanol–water partition coefficient (Wildman–Crippen LogP) is 3.97. The van der Waals surface area contributed by atoms with Crippen molar-refractivity contribution in [2.24, 2.45) is 0 Å². The van der Waals surface area contributed by atoms with E-state index in [-0.39, 0.29) is 5.75 Å². The Hall–Kier alpha value is -1.13. The molecule has 0 saturated carbocycles. The molecule has 1 aromatic rings. The van der Waals surface area contributed by atoms with Gasteiger partial charge < -0.3 is 17.7 Å². The van der Waals surface area contributed by atoms with Crippen LogP contribution in [0.4, 0.5) is 12.9 Å². The van der Waals surface area contributed by atoms with E-state index >= 15 is 0 Å². The largest absolute Gasteiger partial charge is 0.522 e. The molecule has 1 aromatic carbocycles. The molecule has 0 aliphatic rings. The Labute approximate surface area is 93.7 Å². The van der Waals surface area contributed by atoms with Gasteiger partial charge in [0.15, 0.2) is 0 Å². The van der Waals surface area contributed by atoms with Crippen LogP contribution in [-0.4, -0.2) is 13.5 Å². The summed E-state index contributed by atoms with van der Waals surface area (Å²) < 4.78 is 40.5. The summed E-state index contributed by atoms with van der Waals surface area (Å²) in [4.78, 5) is 0. The van der Waals surface area contributed by atoms with Gasteiger partial charge in [0, 0.05) is 0 Å². The lowest BCUT2D eigenvalue weighted by atomic mass is 9.95. The third-order valence-corrected chi connectivity index (χ3v) is 2.50. The van der Waals surface area contributed by atoms with Gasteiger partial charge in [0.1, 0.15) is 5.75 Å². The van der Waals surface area contributed by atoms with Gasteiger partial charge in [-0.2, -0.15) is 0 Å². The van der Waals surface area contributed by atoms with Gasteiger partial charge in [0.05, 0.1) is 6.51 Å². The molecule has 5 heteroatoms. The summed E-state index contributed by atoms with van der Waals surface area (Å²) >= 11 is 0. The Kier molecular flexibility index (Phi) is 4.27. The maximum atomic E-state index is 11.9. The first-order valence-corrected chi connectivity index (χ1v) is 5.36. The van der Waals surface area contributed by atoms with Crippen LogP contribution in [0.25, 0.3) is 0 Å². The summed E-state index contributed by atoms with van der Waals surface area (Å²) in [5.74, 6) is 0.687. The normalized spacial score (nSPS) is 13.6. The highest BCUT2D eigenvalue weighted by Gasteiger charge is 2.24. The van der Waals surface area contributed by atoms with E-state index in [4.69, 9.17) is 0 Å². The molecule has 16 heavy (non-hydrogen) atoms. The van der Waals surface area contributed by atoms with Crippen LogP contribution in [0.1, 0.15) is 31.7 Å². The molecular formula is C11H15BF3O-. The fourth-order valence-electron chi connectivity index (χ4n) is 1.32. The second-order valence-electron chi connectivity index (χ2n) is 3.90. The highest BCUT2D eigenvalue weighted by molar-refractivity contribution is 6.58. The molecule has 0 N–H and O–H groups in total. The fourth-order valence-corrected chi connectivity index (χ4v) is 1.32. The number of rotatable bonds is 5. The van der Waals surface area contributed by atoms with Crippen LogP contribution in [0.5, 0.6) is 5.75 Å². The van der Waals surface area contributed by atoms with Crippen LogP contribution in [0, 0.1) is 0 Å². The van der Waals surface area contributed by atoms with Gasteiger partial charge in [-0.05, 0) is 30.0 Å². The van der Waals surface area contributed by atoms with Crippen molar-refractivity contribution < 1.29 is 17.7 Å². The van der Waals surface area contributed by atoms with E-state index in [1.807, 2.05) is 12.1 Å². The van der Waals surface area contributed by atoms with E-state index in [0.29, 0.717) is 5.92 Å². The maximum Gasteiger partial charge on any atom is 0.515 e. The average molecular weight is 231 g/mol. The lowest BCUT2D eigenvalue weighted by Gasteiger charge is -2.16. The number of hydrogen-bond acceptors (Lipinski definition) is 1. The Morgan fingerprint density at radius 3 is 2.19 bits per heavy atom. The predicted molar refractivity (Wildman–Crippen MR) is 59.7 cm³/mol. The van der Waals surface area contributed by atoms with Crippen molar-refractivity contribution in [3.63, 3.8) is 0 Å². The van der Waals surface area contributed by atoms with Crippen molar-refractivity contribution in [2.45, 2.75) is 26.2 Å². The zero-order valence-electron chi connectivity index (χ0n) is 9.42. The van der Waals surface area contributed by atoms with Crippen LogP contribution in [0.3, 0.4) is 0 Å². The van der Waals surface area contributed by atoms with Gasteiger partial charge in [-0.3, -0.25) is 0 Å². The zero-order valence-corrected chi connectivity index (χ0v) is 9.42. The molecular weight excluding hydrogens is 216 g/mol. The number of ether oxygens (including phenoxy) is 1. The summed E-state index contributed by atoms with van der Waals surface area (Å²) in [6, 6.07) is 6.80. The Balaban J connectivity index is 2.58. The SMILES string of the molecule is CCC(C)c1ccc(OC[B-](F)(F)F)cc1. The lowest BCUT2D eigenvalue weighted by Crippen LogP contribution is -2.26. The molecule has 0 saturated heterocycles. The molecule has 0 aliphatic heterocycles. The molecule has 1 unspecified atom stereocenters. The number of halogens is 3. The van der Waals surface area contributed by atoms with Crippen molar-refractivity contribution in [2.75, 3.05) is 6.51 Å². The maximum absolute atomic E-state index is 11.9. The molecule has 0 heterocycles. The number of hydrogen-bond donors (Lipinski definition) is 0. The zero-order chi connectivity index (χ0) is 12.2. The van der Waals surface area contributed by atoms with E-state index in [9.17, 15) is 12.9 Å². The van der Waals surface area contributed by atoms with Crippen molar-refractivity contribution in [1.29, 1.82) is 0 Å². The molecule has 0 spiro atoms. The molecule has 0 aromatic heterocycles. The van der Waals surface area contributed by atoms with Crippen LogP contribution >= 0.6 is 0 Å². The molecule has 1 nitrogen and oxygen atoms in total. The summed E-state index contributed by atoms with van der Waals surface area (Å²) in [6.45, 7) is -1.91. The first-order chi connectivity index (χ1) is 7.42. The summed E-state index contributed by atoms with van der Waals surface area (Å²) in [5, 5.41) is 0. The smallest absolute Gasteiger partial charge is 0.515 e. The van der Waals surface area contributed by atoms with E-state index in [1.165, 1.54) is 0 Å². The first kappa shape index (κ1) is 12.9. The molecule has 0 aliphatic carbocycles. The Morgan fingerprint density at radius 1 is 1.19 bits per heavy atom. The standard InChI is InChI=1S/C11H15BF3O/c1-3-9(2)10-4-6-11(7-5-10)16-8-12(13,14)15/h4-7,9H,3,8H2,1-2H3/q-1. The fraction of sp³-hybridized carbons (Fsp3) is 0.455. The molecule has 0 amide bonds. The first-order valence-electron chi connectivity index (χ1n) is 5.36. The van der Waals surface area contributed by atoms with Crippen molar-refractivity contribution in [3.05, 3.63) is 29.8 Å². The summed E-state index contributed by atoms with van der Waals surface area (Å²) in [6.07, 6.45) is 1.01. The third kappa shape index (κ3) is 4.17. The van der Waals surface area contributed by atoms with Gasteiger partial charge in [-0.15, -0.1) is 0 Å². The van der Waals surface area contributed by atoms with Gasteiger partial charge in [0.2, 0.25) is 0 Å². The van der Waals surface area contributed by atoms with E-state index in [1.54, 1.807) is 12.1 Å². The molecule has 0 radical (unpaired) electrons. The van der Waals surface area contributed by atoms with Gasteiger partial charge in [-0.25, -0.2) is 0 Å². The second-order valence-corrected chi connectivity index (χ2v) is 3.90. The van der Waals surface area contributed by atoms with Crippen LogP contribution < -0.4 is 4.74 Å². The van der Waals surface area contributed by atoms with Gasteiger partial charge >= 0.3 is 6.98 Å². The van der Waals surface area contributed by atoms with Gasteiger partial charge in [-0.1, -0.05) is 26.0 Å². The van der Waals surface area contributed by atoms with Crippen molar-refractivity contribution >= 4 is 6.98 Å². The van der Waals surface area contributed by atoms with Crippen LogP contribution in [0.2, 0.25) is 0 Å². The minimum absolute atomic E-state index is 0.270. The average Bonchev–Trinajstić information content (AvgIpc) is 2.25. The third-order valence-electron chi connectivity index (χ3n) is 2.50. The monoisotopic (exact) mass is 231 g/mol. The van der Waals surface area contributed by atoms with E-state index in [2.05, 4.69) is 18.6 Å². The van der Waals surface area contributed by atoms with E-state index in [0.717, 1.165) is 12.0 Å². The van der Waals surface area contributed by atoms with Crippen molar-refractivity contribution in [1.82, 2.24) is 0 Å². The second kappa shape index (κ2) is 5.28. The topological polar surface area (TPSA) is 9.23 Å².